The number of nitrogens with one attached hydrogen (secondary N) is 1. The highest BCUT2D eigenvalue weighted by atomic mass is 79.9. The van der Waals surface area contributed by atoms with Crippen LogP contribution in [0.5, 0.6) is 0 Å². The Morgan fingerprint density at radius 2 is 1.89 bits per heavy atom. The number of benzene rings is 2. The molecule has 2 aromatic carbocycles. The van der Waals surface area contributed by atoms with Crippen molar-refractivity contribution < 1.29 is 0 Å². The van der Waals surface area contributed by atoms with Gasteiger partial charge in [-0.25, -0.2) is 0 Å². The zero-order valence-electron chi connectivity index (χ0n) is 10.9. The highest BCUT2D eigenvalue weighted by molar-refractivity contribution is 9.10. The average molecular weight is 305 g/mol. The molecule has 18 heavy (non-hydrogen) atoms. The lowest BCUT2D eigenvalue weighted by molar-refractivity contribution is 1.18. The zero-order chi connectivity index (χ0) is 13.1. The van der Waals surface area contributed by atoms with Crippen molar-refractivity contribution in [1.82, 2.24) is 0 Å². The normalized spacial score (nSPS) is 10.2. The second-order valence-electron chi connectivity index (χ2n) is 4.29. The molecule has 0 aliphatic heterocycles. The predicted molar refractivity (Wildman–Crippen MR) is 82.9 cm³/mol. The zero-order valence-corrected chi connectivity index (χ0v) is 12.5. The van der Waals surface area contributed by atoms with E-state index in [1.54, 1.807) is 0 Å². The summed E-state index contributed by atoms with van der Waals surface area (Å²) in [4.78, 5) is 2.20. The Kier molecular flexibility index (Phi) is 3.92. The lowest BCUT2D eigenvalue weighted by Crippen LogP contribution is -2.11. The van der Waals surface area contributed by atoms with Crippen LogP contribution in [0.1, 0.15) is 5.56 Å². The molecule has 1 N–H and O–H groups in total. The second kappa shape index (κ2) is 5.44. The van der Waals surface area contributed by atoms with E-state index in [0.29, 0.717) is 0 Å². The van der Waals surface area contributed by atoms with Gasteiger partial charge in [0.25, 0.3) is 0 Å². The molecule has 0 atom stereocenters. The number of nitrogens with zero attached hydrogens (tertiary/aromatic N) is 1. The van der Waals surface area contributed by atoms with Crippen LogP contribution >= 0.6 is 15.9 Å². The van der Waals surface area contributed by atoms with E-state index in [2.05, 4.69) is 82.6 Å². The molecule has 94 valence electrons. The smallest absolute Gasteiger partial charge is 0.0438 e. The van der Waals surface area contributed by atoms with Crippen LogP contribution in [0, 0.1) is 6.92 Å². The highest BCUT2D eigenvalue weighted by Gasteiger charge is 2.07. The summed E-state index contributed by atoms with van der Waals surface area (Å²) in [5.41, 5.74) is 4.76. The maximum Gasteiger partial charge on any atom is 0.0438 e. The third-order valence-electron chi connectivity index (χ3n) is 3.04. The van der Waals surface area contributed by atoms with Crippen LogP contribution in [0.25, 0.3) is 0 Å². The molecular weight excluding hydrogens is 288 g/mol. The van der Waals surface area contributed by atoms with Gasteiger partial charge < -0.3 is 10.2 Å². The van der Waals surface area contributed by atoms with Crippen molar-refractivity contribution >= 4 is 33.0 Å². The van der Waals surface area contributed by atoms with Crippen molar-refractivity contribution in [2.24, 2.45) is 0 Å². The molecule has 2 aromatic rings. The fraction of sp³-hybridized carbons (Fsp3) is 0.200. The number of rotatable bonds is 3. The minimum atomic E-state index is 1.11. The van der Waals surface area contributed by atoms with Gasteiger partial charge in [0, 0.05) is 35.6 Å². The summed E-state index contributed by atoms with van der Waals surface area (Å²) >= 11 is 3.50. The van der Waals surface area contributed by atoms with Gasteiger partial charge in [-0.05, 0) is 48.9 Å². The van der Waals surface area contributed by atoms with Crippen LogP contribution in [-0.2, 0) is 0 Å². The van der Waals surface area contributed by atoms with Gasteiger partial charge in [-0.2, -0.15) is 0 Å². The third-order valence-corrected chi connectivity index (χ3v) is 3.54. The number of hydrogen-bond donors (Lipinski definition) is 1. The summed E-state index contributed by atoms with van der Waals surface area (Å²) in [6.07, 6.45) is 0. The van der Waals surface area contributed by atoms with Crippen LogP contribution in [0.15, 0.2) is 46.9 Å². The van der Waals surface area contributed by atoms with Gasteiger partial charge in [0.2, 0.25) is 0 Å². The number of halogens is 1. The first-order chi connectivity index (χ1) is 8.61. The van der Waals surface area contributed by atoms with Crippen molar-refractivity contribution in [3.8, 4) is 0 Å². The molecule has 0 spiro atoms. The quantitative estimate of drug-likeness (QED) is 0.894. The molecule has 2 rings (SSSR count). The first kappa shape index (κ1) is 13.0. The Bertz CT molecular complexity index is 552. The topological polar surface area (TPSA) is 15.3 Å². The van der Waals surface area contributed by atoms with Crippen LogP contribution in [0.3, 0.4) is 0 Å². The van der Waals surface area contributed by atoms with Crippen LogP contribution in [0.4, 0.5) is 17.1 Å². The Morgan fingerprint density at radius 3 is 2.56 bits per heavy atom. The summed E-state index contributed by atoms with van der Waals surface area (Å²) in [5.74, 6) is 0. The average Bonchev–Trinajstić information content (AvgIpc) is 2.38. The second-order valence-corrected chi connectivity index (χ2v) is 5.21. The molecule has 0 saturated heterocycles. The number of anilines is 3. The molecule has 0 aliphatic carbocycles. The molecule has 3 heteroatoms. The van der Waals surface area contributed by atoms with Gasteiger partial charge >= 0.3 is 0 Å². The van der Waals surface area contributed by atoms with E-state index in [1.807, 2.05) is 7.05 Å². The van der Waals surface area contributed by atoms with E-state index in [-0.39, 0.29) is 0 Å². The standard InChI is InChI=1S/C15H17BrN2/c1-11-9-12(16)7-8-15(11)18(3)14-6-4-5-13(10-14)17-2/h4-10,17H,1-3H3. The first-order valence-corrected chi connectivity index (χ1v) is 6.69. The minimum absolute atomic E-state index is 1.11. The molecule has 0 aromatic heterocycles. The van der Waals surface area contributed by atoms with Crippen LogP contribution < -0.4 is 10.2 Å². The Balaban J connectivity index is 2.37. The summed E-state index contributed by atoms with van der Waals surface area (Å²) in [6, 6.07) is 14.7. The highest BCUT2D eigenvalue weighted by Crippen LogP contribution is 2.29. The van der Waals surface area contributed by atoms with E-state index < -0.39 is 0 Å². The lowest BCUT2D eigenvalue weighted by atomic mass is 10.1. The van der Waals surface area contributed by atoms with E-state index in [1.165, 1.54) is 16.9 Å². The first-order valence-electron chi connectivity index (χ1n) is 5.89. The van der Waals surface area contributed by atoms with Gasteiger partial charge in [-0.15, -0.1) is 0 Å². The molecule has 0 unspecified atom stereocenters. The maximum absolute atomic E-state index is 3.50. The Labute approximate surface area is 117 Å². The van der Waals surface area contributed by atoms with Gasteiger partial charge in [-0.1, -0.05) is 22.0 Å². The van der Waals surface area contributed by atoms with Crippen molar-refractivity contribution in [3.05, 3.63) is 52.5 Å². The molecule has 2 nitrogen and oxygen atoms in total. The summed E-state index contributed by atoms with van der Waals surface area (Å²) in [7, 11) is 4.02. The largest absolute Gasteiger partial charge is 0.388 e. The molecule has 0 bridgehead atoms. The van der Waals surface area contributed by atoms with Crippen molar-refractivity contribution in [2.45, 2.75) is 6.92 Å². The third kappa shape index (κ3) is 2.67. The molecule has 0 radical (unpaired) electrons. The molecule has 0 aliphatic rings. The predicted octanol–water partition coefficient (Wildman–Crippen LogP) is 4.57. The maximum atomic E-state index is 3.50. The molecule has 0 saturated carbocycles. The Morgan fingerprint density at radius 1 is 1.11 bits per heavy atom. The Hall–Kier alpha value is -1.48. The van der Waals surface area contributed by atoms with Gasteiger partial charge in [0.05, 0.1) is 0 Å². The van der Waals surface area contributed by atoms with Crippen LogP contribution in [-0.4, -0.2) is 14.1 Å². The van der Waals surface area contributed by atoms with Crippen molar-refractivity contribution in [1.29, 1.82) is 0 Å². The minimum Gasteiger partial charge on any atom is -0.388 e. The fourth-order valence-electron chi connectivity index (χ4n) is 2.00. The van der Waals surface area contributed by atoms with Crippen molar-refractivity contribution in [2.75, 3.05) is 24.3 Å². The summed E-state index contributed by atoms with van der Waals surface area (Å²) in [5, 5.41) is 3.16. The monoisotopic (exact) mass is 304 g/mol. The van der Waals surface area contributed by atoms with E-state index in [0.717, 1.165) is 10.2 Å². The summed E-state index contributed by atoms with van der Waals surface area (Å²) < 4.78 is 1.11. The van der Waals surface area contributed by atoms with Crippen molar-refractivity contribution in [3.63, 3.8) is 0 Å². The van der Waals surface area contributed by atoms with Crippen LogP contribution in [0.2, 0.25) is 0 Å². The number of aryl methyl sites for hydroxylation is 1. The van der Waals surface area contributed by atoms with E-state index in [9.17, 15) is 0 Å². The fourth-order valence-corrected chi connectivity index (χ4v) is 2.48. The molecular formula is C15H17BrN2. The van der Waals surface area contributed by atoms with Gasteiger partial charge in [0.15, 0.2) is 0 Å². The van der Waals surface area contributed by atoms with E-state index in [4.69, 9.17) is 0 Å². The molecule has 0 fully saturated rings. The van der Waals surface area contributed by atoms with E-state index >= 15 is 0 Å². The number of hydrogen-bond acceptors (Lipinski definition) is 2. The molecule has 0 heterocycles. The summed E-state index contributed by atoms with van der Waals surface area (Å²) in [6.45, 7) is 2.12. The SMILES string of the molecule is CNc1cccc(N(C)c2ccc(Br)cc2C)c1. The van der Waals surface area contributed by atoms with Gasteiger partial charge in [-0.3, -0.25) is 0 Å². The lowest BCUT2D eigenvalue weighted by Gasteiger charge is -2.22. The van der Waals surface area contributed by atoms with Gasteiger partial charge in [0.1, 0.15) is 0 Å². The molecule has 0 amide bonds.